The summed E-state index contributed by atoms with van der Waals surface area (Å²) in [4.78, 5) is 0. The first-order chi connectivity index (χ1) is 3.48. The molecule has 0 fully saturated rings. The summed E-state index contributed by atoms with van der Waals surface area (Å²) in [6.07, 6.45) is 0.0127. The molecule has 2 N–H and O–H groups in total. The molecule has 0 amide bonds. The van der Waals surface area contributed by atoms with Gasteiger partial charge in [0.1, 0.15) is 0 Å². The molecule has 0 aliphatic rings. The summed E-state index contributed by atoms with van der Waals surface area (Å²) in [5, 5.41) is 8.36. The second kappa shape index (κ2) is 4.87. The second-order valence-corrected chi connectivity index (χ2v) is 2.95. The molecule has 0 aromatic rings. The maximum atomic E-state index is 9.87. The molecule has 0 aromatic heterocycles. The normalized spacial score (nSPS) is 14.1. The van der Waals surface area contributed by atoms with Crippen LogP contribution in [0.3, 0.4) is 0 Å². The van der Waals surface area contributed by atoms with E-state index in [4.69, 9.17) is 9.66 Å². The average molecular weight is 182 g/mol. The van der Waals surface area contributed by atoms with Gasteiger partial charge >= 0.3 is 37.7 Å². The van der Waals surface area contributed by atoms with Crippen molar-refractivity contribution in [2.45, 2.75) is 18.8 Å². The molecular formula is C3H10CaO4S. The fourth-order valence-electron chi connectivity index (χ4n) is 0.211. The van der Waals surface area contributed by atoms with Gasteiger partial charge in [-0.3, -0.25) is 4.55 Å². The molecule has 0 bridgehead atoms. The molecule has 0 aliphatic carbocycles. The van der Waals surface area contributed by atoms with E-state index >= 15 is 0 Å². The van der Waals surface area contributed by atoms with E-state index in [1.165, 1.54) is 6.92 Å². The maximum Gasteiger partial charge on any atom is 2.00 e. The fourth-order valence-corrected chi connectivity index (χ4v) is 0.632. The molecular weight excluding hydrogens is 172 g/mol. The molecule has 0 spiro atoms. The maximum absolute atomic E-state index is 9.87. The Kier molecular flexibility index (Phi) is 6.91. The van der Waals surface area contributed by atoms with Crippen LogP contribution in [0, 0.1) is 0 Å². The van der Waals surface area contributed by atoms with Gasteiger partial charge in [0.2, 0.25) is 0 Å². The summed E-state index contributed by atoms with van der Waals surface area (Å²) in [6.45, 7) is 1.46. The molecule has 0 radical (unpaired) electrons. The zero-order valence-electron chi connectivity index (χ0n) is 7.11. The summed E-state index contributed by atoms with van der Waals surface area (Å²) in [5.74, 6) is 0. The minimum Gasteiger partial charge on any atom is -1.00 e. The van der Waals surface area contributed by atoms with Gasteiger partial charge in [-0.15, -0.1) is 0 Å². The van der Waals surface area contributed by atoms with E-state index in [9.17, 15) is 8.42 Å². The first-order valence-electron chi connectivity index (χ1n) is 2.13. The number of rotatable bonds is 2. The second-order valence-electron chi connectivity index (χ2n) is 1.38. The summed E-state index contributed by atoms with van der Waals surface area (Å²) < 4.78 is 27.7. The van der Waals surface area contributed by atoms with E-state index in [-0.39, 0.29) is 47.0 Å². The van der Waals surface area contributed by atoms with Crippen LogP contribution >= 0.6 is 0 Å². The first-order valence-corrected chi connectivity index (χ1v) is 3.63. The van der Waals surface area contributed by atoms with Crippen molar-refractivity contribution >= 4 is 47.9 Å². The van der Waals surface area contributed by atoms with Crippen LogP contribution in [-0.2, 0) is 10.1 Å². The Hall–Kier alpha value is 1.13. The Morgan fingerprint density at radius 2 is 2.00 bits per heavy atom. The molecule has 4 nitrogen and oxygen atoms in total. The molecule has 0 saturated carbocycles. The Morgan fingerprint density at radius 3 is 2.00 bits per heavy atom. The Balaban J connectivity index is -0.0000000817. The molecule has 0 heterocycles. The third-order valence-electron chi connectivity index (χ3n) is 0.693. The van der Waals surface area contributed by atoms with E-state index in [0.29, 0.717) is 0 Å². The van der Waals surface area contributed by atoms with E-state index in [1.807, 2.05) is 0 Å². The first kappa shape index (κ1) is 12.8. The largest absolute Gasteiger partial charge is 2.00 e. The SMILES string of the molecule is CCC(O)S(=O)(=O)O.[Ca+2].[H-].[H-]. The number of hydrogen-bond donors (Lipinski definition) is 2. The predicted octanol–water partition coefficient (Wildman–Crippen LogP) is -0.553. The van der Waals surface area contributed by atoms with Gasteiger partial charge < -0.3 is 7.96 Å². The van der Waals surface area contributed by atoms with E-state index < -0.39 is 15.6 Å². The Labute approximate surface area is 87.0 Å². The summed E-state index contributed by atoms with van der Waals surface area (Å²) >= 11 is 0. The summed E-state index contributed by atoms with van der Waals surface area (Å²) in [7, 11) is -4.20. The van der Waals surface area contributed by atoms with Crippen molar-refractivity contribution in [2.75, 3.05) is 0 Å². The smallest absolute Gasteiger partial charge is 1.00 e. The van der Waals surface area contributed by atoms with E-state index in [0.717, 1.165) is 0 Å². The topological polar surface area (TPSA) is 74.6 Å². The van der Waals surface area contributed by atoms with Crippen molar-refractivity contribution in [2.24, 2.45) is 0 Å². The number of hydrogen-bond acceptors (Lipinski definition) is 3. The van der Waals surface area contributed by atoms with Crippen LogP contribution in [0.2, 0.25) is 0 Å². The molecule has 0 rings (SSSR count). The van der Waals surface area contributed by atoms with E-state index in [2.05, 4.69) is 0 Å². The number of aliphatic hydroxyl groups excluding tert-OH is 1. The molecule has 0 aromatic carbocycles. The molecule has 54 valence electrons. The average Bonchev–Trinajstić information content (AvgIpc) is 1.62. The molecule has 0 saturated heterocycles. The van der Waals surface area contributed by atoms with Crippen LogP contribution in [0.25, 0.3) is 0 Å². The Morgan fingerprint density at radius 1 is 1.67 bits per heavy atom. The van der Waals surface area contributed by atoms with Gasteiger partial charge in [0.25, 0.3) is 10.1 Å². The zero-order chi connectivity index (χ0) is 6.78. The minimum absolute atomic E-state index is 0. The fraction of sp³-hybridized carbons (Fsp3) is 1.00. The van der Waals surface area contributed by atoms with Crippen LogP contribution in [0.4, 0.5) is 0 Å². The molecule has 6 heteroatoms. The van der Waals surface area contributed by atoms with Crippen molar-refractivity contribution in [3.8, 4) is 0 Å². The standard InChI is InChI=1S/C3H8O4S.Ca.2H/c1-2-3(4)8(5,6)7;;;/h3-4H,2H2,1H3,(H,5,6,7);;;/q;+2;2*-1. The van der Waals surface area contributed by atoms with Crippen molar-refractivity contribution in [3.05, 3.63) is 0 Å². The van der Waals surface area contributed by atoms with Gasteiger partial charge in [0, 0.05) is 0 Å². The predicted molar refractivity (Wildman–Crippen MR) is 35.8 cm³/mol. The van der Waals surface area contributed by atoms with Crippen LogP contribution in [0.5, 0.6) is 0 Å². The van der Waals surface area contributed by atoms with Gasteiger partial charge in [-0.2, -0.15) is 8.42 Å². The molecule has 0 aliphatic heterocycles. The van der Waals surface area contributed by atoms with Crippen LogP contribution in [0.1, 0.15) is 16.2 Å². The quantitative estimate of drug-likeness (QED) is 0.444. The van der Waals surface area contributed by atoms with Crippen molar-refractivity contribution in [1.29, 1.82) is 0 Å². The minimum atomic E-state index is -4.20. The molecule has 1 atom stereocenters. The monoisotopic (exact) mass is 182 g/mol. The Bertz CT molecular complexity index is 159. The van der Waals surface area contributed by atoms with E-state index in [1.54, 1.807) is 0 Å². The zero-order valence-corrected chi connectivity index (χ0v) is 8.14. The van der Waals surface area contributed by atoms with Crippen molar-refractivity contribution < 1.29 is 20.9 Å². The summed E-state index contributed by atoms with van der Waals surface area (Å²) in [5.41, 5.74) is -1.62. The van der Waals surface area contributed by atoms with Gasteiger partial charge in [-0.1, -0.05) is 6.92 Å². The van der Waals surface area contributed by atoms with Gasteiger partial charge in [0.15, 0.2) is 5.44 Å². The van der Waals surface area contributed by atoms with Crippen LogP contribution < -0.4 is 0 Å². The van der Waals surface area contributed by atoms with Crippen LogP contribution in [0.15, 0.2) is 0 Å². The van der Waals surface area contributed by atoms with Gasteiger partial charge in [-0.25, -0.2) is 0 Å². The van der Waals surface area contributed by atoms with Crippen LogP contribution in [-0.4, -0.2) is 61.3 Å². The van der Waals surface area contributed by atoms with Gasteiger partial charge in [0.05, 0.1) is 0 Å². The molecule has 1 unspecified atom stereocenters. The van der Waals surface area contributed by atoms with Gasteiger partial charge in [-0.05, 0) is 6.42 Å². The van der Waals surface area contributed by atoms with Crippen molar-refractivity contribution in [3.63, 3.8) is 0 Å². The number of aliphatic hydroxyl groups is 1. The third-order valence-corrected chi connectivity index (χ3v) is 1.71. The summed E-state index contributed by atoms with van der Waals surface area (Å²) in [6, 6.07) is 0. The third kappa shape index (κ3) is 5.57. The molecule has 9 heavy (non-hydrogen) atoms. The van der Waals surface area contributed by atoms with Crippen molar-refractivity contribution in [1.82, 2.24) is 0 Å².